The highest BCUT2D eigenvalue weighted by atomic mass is 127. The number of hydrogen-bond acceptors (Lipinski definition) is 2. The minimum Gasteiger partial charge on any atom is -0.357 e. The normalized spacial score (nSPS) is 11.2. The Balaban J connectivity index is 0.00000338. The average molecular weight is 469 g/mol. The van der Waals surface area contributed by atoms with Gasteiger partial charge in [0.25, 0.3) is 0 Å². The molecule has 6 heteroatoms. The molecule has 0 atom stereocenters. The first-order valence-electron chi connectivity index (χ1n) is 9.05. The monoisotopic (exact) mass is 469 g/mol. The average Bonchev–Trinajstić information content (AvgIpc) is 2.90. The summed E-state index contributed by atoms with van der Waals surface area (Å²) in [5, 5.41) is 7.89. The van der Waals surface area contributed by atoms with Gasteiger partial charge in [-0.25, -0.2) is 0 Å². The quantitative estimate of drug-likeness (QED) is 0.290. The third kappa shape index (κ3) is 6.97. The Morgan fingerprint density at radius 3 is 2.46 bits per heavy atom. The van der Waals surface area contributed by atoms with Gasteiger partial charge in [0, 0.05) is 38.9 Å². The third-order valence-corrected chi connectivity index (χ3v) is 4.13. The maximum Gasteiger partial charge on any atom is 0.193 e. The first-order valence-corrected chi connectivity index (χ1v) is 9.05. The van der Waals surface area contributed by atoms with Crippen LogP contribution in [-0.4, -0.2) is 40.8 Å². The summed E-state index contributed by atoms with van der Waals surface area (Å²) in [6, 6.07) is 10.8. The van der Waals surface area contributed by atoms with Crippen LogP contribution in [0.5, 0.6) is 0 Å². The number of hydrogen-bond donors (Lipinski definition) is 1. The molecule has 0 saturated heterocycles. The minimum atomic E-state index is 0. The highest BCUT2D eigenvalue weighted by molar-refractivity contribution is 14.0. The van der Waals surface area contributed by atoms with E-state index in [0.29, 0.717) is 0 Å². The van der Waals surface area contributed by atoms with E-state index < -0.39 is 0 Å². The van der Waals surface area contributed by atoms with E-state index in [4.69, 9.17) is 4.99 Å². The Morgan fingerprint density at radius 1 is 1.19 bits per heavy atom. The molecule has 0 unspecified atom stereocenters. The first-order chi connectivity index (χ1) is 12.0. The van der Waals surface area contributed by atoms with Crippen molar-refractivity contribution in [1.82, 2.24) is 20.0 Å². The summed E-state index contributed by atoms with van der Waals surface area (Å²) in [5.41, 5.74) is 4.87. The lowest BCUT2D eigenvalue weighted by molar-refractivity contribution is 0.474. The van der Waals surface area contributed by atoms with Crippen molar-refractivity contribution in [2.75, 3.05) is 20.1 Å². The summed E-state index contributed by atoms with van der Waals surface area (Å²) in [5.74, 6) is 0.955. The van der Waals surface area contributed by atoms with Crippen LogP contribution in [0.15, 0.2) is 35.3 Å². The van der Waals surface area contributed by atoms with E-state index in [-0.39, 0.29) is 24.0 Å². The number of rotatable bonds is 7. The van der Waals surface area contributed by atoms with Gasteiger partial charge in [-0.15, -0.1) is 24.0 Å². The fraction of sp³-hybridized carbons (Fsp3) is 0.500. The number of nitrogens with zero attached hydrogens (tertiary/aromatic N) is 4. The molecule has 1 aromatic heterocycles. The first kappa shape index (κ1) is 22.5. The van der Waals surface area contributed by atoms with Crippen LogP contribution in [0.3, 0.4) is 0 Å². The smallest absolute Gasteiger partial charge is 0.193 e. The molecule has 0 spiro atoms. The summed E-state index contributed by atoms with van der Waals surface area (Å²) in [7, 11) is 2.09. The van der Waals surface area contributed by atoms with Gasteiger partial charge in [0.2, 0.25) is 0 Å². The van der Waals surface area contributed by atoms with Crippen LogP contribution in [0.25, 0.3) is 0 Å². The van der Waals surface area contributed by atoms with Gasteiger partial charge in [-0.2, -0.15) is 5.10 Å². The zero-order valence-corrected chi connectivity index (χ0v) is 18.9. The van der Waals surface area contributed by atoms with Crippen LogP contribution >= 0.6 is 24.0 Å². The van der Waals surface area contributed by atoms with E-state index in [0.717, 1.165) is 44.3 Å². The van der Waals surface area contributed by atoms with Crippen molar-refractivity contribution in [3.8, 4) is 0 Å². The van der Waals surface area contributed by atoms with E-state index in [2.05, 4.69) is 78.1 Å². The second-order valence-electron chi connectivity index (χ2n) is 6.58. The Bertz CT molecular complexity index is 691. The summed E-state index contributed by atoms with van der Waals surface area (Å²) in [6.45, 7) is 11.8. The Labute approximate surface area is 174 Å². The van der Waals surface area contributed by atoms with Gasteiger partial charge >= 0.3 is 0 Å². The van der Waals surface area contributed by atoms with Gasteiger partial charge in [-0.1, -0.05) is 29.8 Å². The molecule has 0 aliphatic rings. The largest absolute Gasteiger partial charge is 0.357 e. The molecule has 0 amide bonds. The maximum absolute atomic E-state index is 4.77. The van der Waals surface area contributed by atoms with Gasteiger partial charge in [-0.3, -0.25) is 9.67 Å². The van der Waals surface area contributed by atoms with Gasteiger partial charge in [-0.05, 0) is 45.7 Å². The molecule has 2 aromatic rings. The molecule has 0 saturated carbocycles. The van der Waals surface area contributed by atoms with Crippen molar-refractivity contribution in [2.45, 2.75) is 47.2 Å². The second-order valence-corrected chi connectivity index (χ2v) is 6.58. The number of aryl methyl sites for hydroxylation is 4. The predicted octanol–water partition coefficient (Wildman–Crippen LogP) is 3.91. The topological polar surface area (TPSA) is 45.5 Å². The molecule has 1 aromatic carbocycles. The molecule has 0 aliphatic heterocycles. The summed E-state index contributed by atoms with van der Waals surface area (Å²) < 4.78 is 2.06. The molecule has 0 bridgehead atoms. The molecule has 0 aliphatic carbocycles. The number of aliphatic imine (C=N–C) groups is 1. The molecule has 144 valence electrons. The molecule has 5 nitrogen and oxygen atoms in total. The second kappa shape index (κ2) is 11.2. The van der Waals surface area contributed by atoms with Crippen LogP contribution in [0, 0.1) is 20.8 Å². The van der Waals surface area contributed by atoms with Crippen molar-refractivity contribution in [3.63, 3.8) is 0 Å². The number of nitrogens with one attached hydrogen (secondary N) is 1. The van der Waals surface area contributed by atoms with Crippen LogP contribution in [-0.2, 0) is 13.1 Å². The van der Waals surface area contributed by atoms with Gasteiger partial charge in [0.05, 0.1) is 5.69 Å². The summed E-state index contributed by atoms with van der Waals surface area (Å²) in [4.78, 5) is 6.95. The molecule has 1 N–H and O–H groups in total. The zero-order valence-electron chi connectivity index (χ0n) is 16.6. The van der Waals surface area contributed by atoms with Crippen LogP contribution in [0.1, 0.15) is 35.9 Å². The van der Waals surface area contributed by atoms with Crippen molar-refractivity contribution in [1.29, 1.82) is 0 Å². The van der Waals surface area contributed by atoms with Gasteiger partial charge < -0.3 is 10.2 Å². The molecule has 0 radical (unpaired) electrons. The lowest BCUT2D eigenvalue weighted by atomic mass is 10.1. The highest BCUT2D eigenvalue weighted by Crippen LogP contribution is 2.06. The minimum absolute atomic E-state index is 0. The number of guanidine groups is 1. The van der Waals surface area contributed by atoms with Crippen molar-refractivity contribution in [3.05, 3.63) is 52.8 Å². The van der Waals surface area contributed by atoms with Crippen LogP contribution < -0.4 is 5.32 Å². The fourth-order valence-corrected chi connectivity index (χ4v) is 2.82. The van der Waals surface area contributed by atoms with Crippen molar-refractivity contribution in [2.24, 2.45) is 4.99 Å². The molecule has 0 fully saturated rings. The predicted molar refractivity (Wildman–Crippen MR) is 120 cm³/mol. The fourth-order valence-electron chi connectivity index (χ4n) is 2.82. The lowest BCUT2D eigenvalue weighted by Gasteiger charge is -2.22. The van der Waals surface area contributed by atoms with Crippen molar-refractivity contribution >= 4 is 29.9 Å². The summed E-state index contributed by atoms with van der Waals surface area (Å²) in [6.07, 6.45) is 0.981. The standard InChI is InChI=1S/C20H31N5.HI/c1-6-21-20(24(5)15-19-10-8-16(2)9-11-19)22-12-7-13-25-18(4)14-17(3)23-25;/h8-11,14H,6-7,12-13,15H2,1-5H3,(H,21,22);1H. The number of halogens is 1. The lowest BCUT2D eigenvalue weighted by Crippen LogP contribution is -2.38. The third-order valence-electron chi connectivity index (χ3n) is 4.13. The van der Waals surface area contributed by atoms with E-state index in [9.17, 15) is 0 Å². The molecular weight excluding hydrogens is 437 g/mol. The molecule has 1 heterocycles. The van der Waals surface area contributed by atoms with Gasteiger partial charge in [0.1, 0.15) is 0 Å². The maximum atomic E-state index is 4.77. The molecule has 2 rings (SSSR count). The molecule has 26 heavy (non-hydrogen) atoms. The molecular formula is C20H32IN5. The van der Waals surface area contributed by atoms with E-state index >= 15 is 0 Å². The van der Waals surface area contributed by atoms with Gasteiger partial charge in [0.15, 0.2) is 5.96 Å². The van der Waals surface area contributed by atoms with E-state index in [1.165, 1.54) is 16.8 Å². The van der Waals surface area contributed by atoms with E-state index in [1.807, 2.05) is 6.92 Å². The zero-order chi connectivity index (χ0) is 18.2. The summed E-state index contributed by atoms with van der Waals surface area (Å²) >= 11 is 0. The van der Waals surface area contributed by atoms with Crippen molar-refractivity contribution < 1.29 is 0 Å². The SMILES string of the molecule is CCNC(=NCCCn1nc(C)cc1C)N(C)Cc1ccc(C)cc1.I. The van der Waals surface area contributed by atoms with E-state index in [1.54, 1.807) is 0 Å². The number of benzene rings is 1. The number of aromatic nitrogens is 2. The van der Waals surface area contributed by atoms with Crippen LogP contribution in [0.4, 0.5) is 0 Å². The Kier molecular flexibility index (Phi) is 9.69. The Hall–Kier alpha value is -1.57. The van der Waals surface area contributed by atoms with Crippen LogP contribution in [0.2, 0.25) is 0 Å². The highest BCUT2D eigenvalue weighted by Gasteiger charge is 2.06. The Morgan fingerprint density at radius 2 is 1.88 bits per heavy atom.